The van der Waals surface area contributed by atoms with Crippen LogP contribution in [0.25, 0.3) is 0 Å². The maximum atomic E-state index is 12.3. The summed E-state index contributed by atoms with van der Waals surface area (Å²) < 4.78 is 24.7. The molecule has 2 amide bonds. The number of amides is 2. The zero-order chi connectivity index (χ0) is 21.4. The zero-order valence-electron chi connectivity index (χ0n) is 16.1. The monoisotopic (exact) mass is 423 g/mol. The van der Waals surface area contributed by atoms with Crippen LogP contribution in [0.3, 0.4) is 0 Å². The fourth-order valence-corrected chi connectivity index (χ4v) is 4.03. The first-order valence-corrected chi connectivity index (χ1v) is 11.0. The molecule has 1 aromatic heterocycles. The number of aromatic nitrogens is 1. The summed E-state index contributed by atoms with van der Waals surface area (Å²) in [4.78, 5) is 28.2. The Labute approximate surface area is 175 Å². The second-order valence-electron chi connectivity index (χ2n) is 6.68. The third kappa shape index (κ3) is 6.52. The van der Waals surface area contributed by atoms with Gasteiger partial charge in [0.05, 0.1) is 5.75 Å². The molecule has 0 bridgehead atoms. The van der Waals surface area contributed by atoms with E-state index in [1.807, 2.05) is 12.1 Å². The largest absolute Gasteiger partial charge is 0.348 e. The summed E-state index contributed by atoms with van der Waals surface area (Å²) in [7, 11) is -3.65. The Morgan fingerprint density at radius 2 is 1.50 bits per heavy atom. The van der Waals surface area contributed by atoms with Gasteiger partial charge in [-0.05, 0) is 47.5 Å². The average molecular weight is 423 g/mol. The quantitative estimate of drug-likeness (QED) is 0.579. The van der Waals surface area contributed by atoms with E-state index in [1.165, 1.54) is 0 Å². The Morgan fingerprint density at radius 3 is 2.17 bits per heavy atom. The highest BCUT2D eigenvalue weighted by Crippen LogP contribution is 2.11. The normalized spacial score (nSPS) is 10.9. The van der Waals surface area contributed by atoms with Crippen LogP contribution < -0.4 is 10.6 Å². The van der Waals surface area contributed by atoms with Gasteiger partial charge in [-0.3, -0.25) is 14.6 Å². The molecule has 0 saturated carbocycles. The highest BCUT2D eigenvalue weighted by atomic mass is 32.2. The van der Waals surface area contributed by atoms with E-state index in [0.29, 0.717) is 23.4 Å². The molecule has 0 aliphatic heterocycles. The van der Waals surface area contributed by atoms with Gasteiger partial charge in [0, 0.05) is 30.2 Å². The van der Waals surface area contributed by atoms with Crippen molar-refractivity contribution >= 4 is 27.3 Å². The molecule has 8 heteroatoms. The van der Waals surface area contributed by atoms with E-state index in [9.17, 15) is 18.0 Å². The van der Waals surface area contributed by atoms with Crippen molar-refractivity contribution in [2.75, 3.05) is 11.1 Å². The van der Waals surface area contributed by atoms with E-state index < -0.39 is 21.5 Å². The number of anilines is 1. The fraction of sp³-hybridized carbons (Fsp3) is 0.136. The fourth-order valence-electron chi connectivity index (χ4n) is 2.76. The second kappa shape index (κ2) is 9.80. The summed E-state index contributed by atoms with van der Waals surface area (Å²) in [5, 5.41) is 5.35. The Balaban J connectivity index is 1.53. The lowest BCUT2D eigenvalue weighted by atomic mass is 10.1. The minimum Gasteiger partial charge on any atom is -0.348 e. The van der Waals surface area contributed by atoms with E-state index in [0.717, 1.165) is 5.56 Å². The molecule has 30 heavy (non-hydrogen) atoms. The first-order valence-electron chi connectivity index (χ1n) is 9.23. The lowest BCUT2D eigenvalue weighted by molar-refractivity contribution is -0.113. The van der Waals surface area contributed by atoms with Gasteiger partial charge >= 0.3 is 0 Å². The number of sulfone groups is 1. The van der Waals surface area contributed by atoms with Gasteiger partial charge in [0.25, 0.3) is 5.91 Å². The molecule has 0 aliphatic carbocycles. The van der Waals surface area contributed by atoms with Crippen LogP contribution in [0.1, 0.15) is 21.5 Å². The van der Waals surface area contributed by atoms with E-state index >= 15 is 0 Å². The van der Waals surface area contributed by atoms with Crippen LogP contribution in [0.5, 0.6) is 0 Å². The van der Waals surface area contributed by atoms with Crippen LogP contribution in [0.4, 0.5) is 5.69 Å². The van der Waals surface area contributed by atoms with Crippen LogP contribution >= 0.6 is 0 Å². The molecule has 2 aromatic carbocycles. The van der Waals surface area contributed by atoms with Gasteiger partial charge in [-0.25, -0.2) is 8.42 Å². The smallest absolute Gasteiger partial charge is 0.251 e. The van der Waals surface area contributed by atoms with Crippen molar-refractivity contribution in [1.82, 2.24) is 10.3 Å². The highest BCUT2D eigenvalue weighted by molar-refractivity contribution is 7.91. The molecule has 0 saturated heterocycles. The van der Waals surface area contributed by atoms with Crippen molar-refractivity contribution in [2.24, 2.45) is 0 Å². The second-order valence-corrected chi connectivity index (χ2v) is 8.75. The Hall–Kier alpha value is -3.52. The van der Waals surface area contributed by atoms with Gasteiger partial charge in [-0.1, -0.05) is 30.3 Å². The number of nitrogens with one attached hydrogen (secondary N) is 2. The molecule has 0 radical (unpaired) electrons. The summed E-state index contributed by atoms with van der Waals surface area (Å²) in [6, 6.07) is 18.6. The number of hydrogen-bond acceptors (Lipinski definition) is 5. The van der Waals surface area contributed by atoms with Gasteiger partial charge < -0.3 is 10.6 Å². The lowest BCUT2D eigenvalue weighted by Crippen LogP contribution is -2.24. The average Bonchev–Trinajstić information content (AvgIpc) is 2.73. The maximum Gasteiger partial charge on any atom is 0.251 e. The molecule has 0 fully saturated rings. The van der Waals surface area contributed by atoms with Gasteiger partial charge in [0.2, 0.25) is 5.91 Å². The van der Waals surface area contributed by atoms with Crippen molar-refractivity contribution in [3.63, 3.8) is 0 Å². The number of carbonyl (C=O) groups excluding carboxylic acids is 2. The topological polar surface area (TPSA) is 105 Å². The predicted octanol–water partition coefficient (Wildman–Crippen LogP) is 2.57. The van der Waals surface area contributed by atoms with Gasteiger partial charge in [0.15, 0.2) is 9.84 Å². The third-order valence-electron chi connectivity index (χ3n) is 4.21. The predicted molar refractivity (Wildman–Crippen MR) is 114 cm³/mol. The molecule has 0 spiro atoms. The molecule has 1 heterocycles. The molecule has 0 unspecified atom stereocenters. The number of carbonyl (C=O) groups is 2. The van der Waals surface area contributed by atoms with Gasteiger partial charge in [0.1, 0.15) is 5.75 Å². The number of pyridine rings is 1. The van der Waals surface area contributed by atoms with E-state index in [2.05, 4.69) is 15.6 Å². The minimum atomic E-state index is -3.65. The Bertz CT molecular complexity index is 1100. The number of rotatable bonds is 8. The Morgan fingerprint density at radius 1 is 0.833 bits per heavy atom. The zero-order valence-corrected chi connectivity index (χ0v) is 16.9. The summed E-state index contributed by atoms with van der Waals surface area (Å²) in [5.74, 6) is -1.75. The number of hydrogen-bond donors (Lipinski definition) is 2. The van der Waals surface area contributed by atoms with Crippen molar-refractivity contribution in [2.45, 2.75) is 12.3 Å². The van der Waals surface area contributed by atoms with Crippen molar-refractivity contribution < 1.29 is 18.0 Å². The van der Waals surface area contributed by atoms with Crippen LogP contribution in [0.15, 0.2) is 79.1 Å². The molecule has 0 aliphatic rings. The summed E-state index contributed by atoms with van der Waals surface area (Å²) in [6.45, 7) is 0.369. The lowest BCUT2D eigenvalue weighted by Gasteiger charge is -2.08. The Kier molecular flexibility index (Phi) is 6.92. The van der Waals surface area contributed by atoms with Crippen molar-refractivity contribution in [3.8, 4) is 0 Å². The van der Waals surface area contributed by atoms with E-state index in [1.54, 1.807) is 67.0 Å². The molecule has 2 N–H and O–H groups in total. The molecule has 7 nitrogen and oxygen atoms in total. The molecule has 3 rings (SSSR count). The van der Waals surface area contributed by atoms with Crippen molar-refractivity contribution in [1.29, 1.82) is 0 Å². The minimum absolute atomic E-state index is 0.261. The summed E-state index contributed by atoms with van der Waals surface area (Å²) >= 11 is 0. The van der Waals surface area contributed by atoms with Crippen LogP contribution in [-0.2, 0) is 26.9 Å². The standard InChI is InChI=1S/C22H21N3O4S/c26-21(25-20-4-2-1-3-5-20)16-30(28,29)15-18-6-8-19(9-7-18)22(27)24-14-17-10-12-23-13-11-17/h1-13H,14-16H2,(H,24,27)(H,25,26). The molecule has 3 aromatic rings. The van der Waals surface area contributed by atoms with Gasteiger partial charge in [-0.2, -0.15) is 0 Å². The van der Waals surface area contributed by atoms with Crippen LogP contribution in [-0.4, -0.2) is 31.0 Å². The third-order valence-corrected chi connectivity index (χ3v) is 5.69. The maximum absolute atomic E-state index is 12.3. The number of para-hydroxylation sites is 1. The first-order chi connectivity index (χ1) is 14.4. The van der Waals surface area contributed by atoms with Crippen molar-refractivity contribution in [3.05, 3.63) is 95.8 Å². The molecular weight excluding hydrogens is 402 g/mol. The van der Waals surface area contributed by atoms with E-state index in [-0.39, 0.29) is 11.7 Å². The summed E-state index contributed by atoms with van der Waals surface area (Å²) in [6.07, 6.45) is 3.30. The first kappa shape index (κ1) is 21.2. The summed E-state index contributed by atoms with van der Waals surface area (Å²) in [5.41, 5.74) is 2.40. The molecule has 0 atom stereocenters. The number of benzene rings is 2. The number of nitrogens with zero attached hydrogens (tertiary/aromatic N) is 1. The SMILES string of the molecule is O=C(CS(=O)(=O)Cc1ccc(C(=O)NCc2ccncc2)cc1)Nc1ccccc1. The molecule has 154 valence electrons. The van der Waals surface area contributed by atoms with Gasteiger partial charge in [-0.15, -0.1) is 0 Å². The van der Waals surface area contributed by atoms with E-state index in [4.69, 9.17) is 0 Å². The highest BCUT2D eigenvalue weighted by Gasteiger charge is 2.18. The van der Waals surface area contributed by atoms with Crippen LogP contribution in [0.2, 0.25) is 0 Å². The molecular formula is C22H21N3O4S. The van der Waals surface area contributed by atoms with Crippen LogP contribution in [0, 0.1) is 0 Å².